The van der Waals surface area contributed by atoms with E-state index in [1.54, 1.807) is 0 Å². The van der Waals surface area contributed by atoms with E-state index in [-0.39, 0.29) is 28.3 Å². The van der Waals surface area contributed by atoms with E-state index in [1.807, 2.05) is 13.8 Å². The summed E-state index contributed by atoms with van der Waals surface area (Å²) in [5.74, 6) is -0.629. The molecule has 28 heavy (non-hydrogen) atoms. The first-order valence-electron chi connectivity index (χ1n) is 8.06. The molecule has 2 heterocycles. The molecule has 0 unspecified atom stereocenters. The minimum absolute atomic E-state index is 0.00362. The Hall–Kier alpha value is -2.88. The lowest BCUT2D eigenvalue weighted by molar-refractivity contribution is -0.137. The number of urea groups is 1. The van der Waals surface area contributed by atoms with E-state index < -0.39 is 23.2 Å². The zero-order valence-electron chi connectivity index (χ0n) is 14.8. The number of nitrogens with one attached hydrogen (secondary N) is 2. The maximum atomic E-state index is 12.8. The summed E-state index contributed by atoms with van der Waals surface area (Å²) in [5, 5.41) is 5.02. The molecule has 3 rings (SSSR count). The van der Waals surface area contributed by atoms with Gasteiger partial charge in [0, 0.05) is 12.4 Å². The van der Waals surface area contributed by atoms with Crippen LogP contribution < -0.4 is 15.5 Å². The van der Waals surface area contributed by atoms with Crippen LogP contribution in [-0.2, 0) is 6.18 Å². The number of rotatable bonds is 3. The van der Waals surface area contributed by atoms with Crippen molar-refractivity contribution in [1.29, 1.82) is 0 Å². The van der Waals surface area contributed by atoms with E-state index in [4.69, 9.17) is 11.6 Å². The SMILES string of the molecule is CC1(C)CN(c2ncc(C(=O)Nc3cc(C(F)(F)F)ccc3Cl)cn2)C(=O)N1. The third-order valence-electron chi connectivity index (χ3n) is 3.93. The normalized spacial score (nSPS) is 16.1. The number of carbonyl (C=O) groups excluding carboxylic acids is 2. The van der Waals surface area contributed by atoms with Crippen molar-refractivity contribution >= 4 is 35.2 Å². The van der Waals surface area contributed by atoms with E-state index in [0.29, 0.717) is 6.54 Å². The maximum absolute atomic E-state index is 12.8. The zero-order valence-corrected chi connectivity index (χ0v) is 15.5. The molecule has 0 aliphatic carbocycles. The fourth-order valence-corrected chi connectivity index (χ4v) is 2.76. The van der Waals surface area contributed by atoms with Gasteiger partial charge in [0.05, 0.1) is 33.9 Å². The van der Waals surface area contributed by atoms with Crippen molar-refractivity contribution in [3.63, 3.8) is 0 Å². The average Bonchev–Trinajstić information content (AvgIpc) is 2.88. The number of anilines is 2. The zero-order chi connectivity index (χ0) is 20.7. The lowest BCUT2D eigenvalue weighted by Crippen LogP contribution is -2.36. The molecule has 0 radical (unpaired) electrons. The Balaban J connectivity index is 1.77. The van der Waals surface area contributed by atoms with Gasteiger partial charge in [-0.25, -0.2) is 14.8 Å². The van der Waals surface area contributed by atoms with Crippen LogP contribution in [0.1, 0.15) is 29.8 Å². The summed E-state index contributed by atoms with van der Waals surface area (Å²) < 4.78 is 38.5. The van der Waals surface area contributed by atoms with Crippen molar-refractivity contribution in [1.82, 2.24) is 15.3 Å². The average molecular weight is 414 g/mol. The van der Waals surface area contributed by atoms with Gasteiger partial charge in [0.2, 0.25) is 5.95 Å². The molecule has 1 saturated heterocycles. The summed E-state index contributed by atoms with van der Waals surface area (Å²) in [7, 11) is 0. The highest BCUT2D eigenvalue weighted by Crippen LogP contribution is 2.34. The molecule has 1 aromatic heterocycles. The molecular formula is C17H15ClF3N5O2. The molecule has 1 aromatic carbocycles. The Morgan fingerprint density at radius 3 is 2.46 bits per heavy atom. The van der Waals surface area contributed by atoms with Crippen LogP contribution in [0.25, 0.3) is 0 Å². The third kappa shape index (κ3) is 4.16. The lowest BCUT2D eigenvalue weighted by Gasteiger charge is -2.16. The predicted molar refractivity (Wildman–Crippen MR) is 96.4 cm³/mol. The molecule has 3 amide bonds. The van der Waals surface area contributed by atoms with Crippen molar-refractivity contribution in [3.8, 4) is 0 Å². The topological polar surface area (TPSA) is 87.2 Å². The summed E-state index contributed by atoms with van der Waals surface area (Å²) in [6, 6.07) is 2.25. The van der Waals surface area contributed by atoms with Gasteiger partial charge in [-0.05, 0) is 32.0 Å². The van der Waals surface area contributed by atoms with Gasteiger partial charge >= 0.3 is 12.2 Å². The van der Waals surface area contributed by atoms with Crippen molar-refractivity contribution in [3.05, 3.63) is 46.7 Å². The second kappa shape index (κ2) is 6.93. The molecule has 0 saturated carbocycles. The van der Waals surface area contributed by atoms with Crippen LogP contribution >= 0.6 is 11.6 Å². The number of carbonyl (C=O) groups is 2. The molecule has 148 valence electrons. The van der Waals surface area contributed by atoms with Gasteiger partial charge in [0.25, 0.3) is 5.91 Å². The largest absolute Gasteiger partial charge is 0.416 e. The van der Waals surface area contributed by atoms with Gasteiger partial charge in [-0.2, -0.15) is 13.2 Å². The van der Waals surface area contributed by atoms with Crippen LogP contribution in [0, 0.1) is 0 Å². The monoisotopic (exact) mass is 413 g/mol. The van der Waals surface area contributed by atoms with Crippen LogP contribution in [0.15, 0.2) is 30.6 Å². The standard InChI is InChI=1S/C17H15ClF3N5O2/c1-16(2)8-26(15(28)25-16)14-22-6-9(7-23-14)13(27)24-12-5-10(17(19,20)21)3-4-11(12)18/h3-7H,8H2,1-2H3,(H,24,27)(H,25,28). The van der Waals surface area contributed by atoms with Gasteiger partial charge in [0.15, 0.2) is 0 Å². The number of benzene rings is 1. The van der Waals surface area contributed by atoms with E-state index in [2.05, 4.69) is 20.6 Å². The summed E-state index contributed by atoms with van der Waals surface area (Å²) in [5.41, 5.74) is -1.58. The molecule has 1 aliphatic heterocycles. The highest BCUT2D eigenvalue weighted by Gasteiger charge is 2.37. The number of nitrogens with zero attached hydrogens (tertiary/aromatic N) is 3. The van der Waals surface area contributed by atoms with Crippen LogP contribution in [0.4, 0.5) is 29.6 Å². The molecule has 1 fully saturated rings. The molecule has 2 aromatic rings. The highest BCUT2D eigenvalue weighted by atomic mass is 35.5. The maximum Gasteiger partial charge on any atom is 0.416 e. The lowest BCUT2D eigenvalue weighted by atomic mass is 10.1. The fraction of sp³-hybridized carbons (Fsp3) is 0.294. The number of aromatic nitrogens is 2. The van der Waals surface area contributed by atoms with Crippen molar-refractivity contribution in [2.45, 2.75) is 25.6 Å². The van der Waals surface area contributed by atoms with Crippen molar-refractivity contribution in [2.24, 2.45) is 0 Å². The summed E-state index contributed by atoms with van der Waals surface area (Å²) in [6.07, 6.45) is -2.21. The molecule has 0 spiro atoms. The molecule has 7 nitrogen and oxygen atoms in total. The first kappa shape index (κ1) is 19.9. The fourth-order valence-electron chi connectivity index (χ4n) is 2.59. The van der Waals surface area contributed by atoms with Crippen molar-refractivity contribution < 1.29 is 22.8 Å². The Bertz CT molecular complexity index is 931. The highest BCUT2D eigenvalue weighted by molar-refractivity contribution is 6.34. The second-order valence-corrected chi connectivity index (χ2v) is 7.23. The summed E-state index contributed by atoms with van der Waals surface area (Å²) >= 11 is 5.87. The Morgan fingerprint density at radius 1 is 1.29 bits per heavy atom. The van der Waals surface area contributed by atoms with Gasteiger partial charge in [-0.15, -0.1) is 0 Å². The Kier molecular flexibility index (Phi) is 4.92. The molecular weight excluding hydrogens is 399 g/mol. The molecule has 2 N–H and O–H groups in total. The molecule has 0 bridgehead atoms. The summed E-state index contributed by atoms with van der Waals surface area (Å²) in [6.45, 7) is 4.02. The first-order chi connectivity index (χ1) is 13.0. The Labute approximate surface area is 162 Å². The second-order valence-electron chi connectivity index (χ2n) is 6.82. The summed E-state index contributed by atoms with van der Waals surface area (Å²) in [4.78, 5) is 33.6. The first-order valence-corrected chi connectivity index (χ1v) is 8.44. The third-order valence-corrected chi connectivity index (χ3v) is 4.26. The quantitative estimate of drug-likeness (QED) is 0.803. The smallest absolute Gasteiger partial charge is 0.331 e. The number of hydrogen-bond donors (Lipinski definition) is 2. The van der Waals surface area contributed by atoms with Gasteiger partial charge in [-0.1, -0.05) is 11.6 Å². The minimum atomic E-state index is -4.57. The van der Waals surface area contributed by atoms with E-state index in [9.17, 15) is 22.8 Å². The number of alkyl halides is 3. The minimum Gasteiger partial charge on any atom is -0.331 e. The predicted octanol–water partition coefficient (Wildman–Crippen LogP) is 3.71. The van der Waals surface area contributed by atoms with E-state index >= 15 is 0 Å². The molecule has 1 aliphatic rings. The van der Waals surface area contributed by atoms with Crippen LogP contribution in [-0.4, -0.2) is 34.0 Å². The van der Waals surface area contributed by atoms with Gasteiger partial charge < -0.3 is 10.6 Å². The van der Waals surface area contributed by atoms with Crippen molar-refractivity contribution in [2.75, 3.05) is 16.8 Å². The van der Waals surface area contributed by atoms with Crippen LogP contribution in [0.2, 0.25) is 5.02 Å². The number of hydrogen-bond acceptors (Lipinski definition) is 4. The molecule has 11 heteroatoms. The van der Waals surface area contributed by atoms with Crippen LogP contribution in [0.3, 0.4) is 0 Å². The van der Waals surface area contributed by atoms with E-state index in [1.165, 1.54) is 17.3 Å². The number of amides is 3. The number of halogens is 4. The molecule has 0 atom stereocenters. The van der Waals surface area contributed by atoms with Gasteiger partial charge in [0.1, 0.15) is 0 Å². The van der Waals surface area contributed by atoms with Gasteiger partial charge in [-0.3, -0.25) is 9.69 Å². The Morgan fingerprint density at radius 2 is 1.93 bits per heavy atom. The van der Waals surface area contributed by atoms with Crippen LogP contribution in [0.5, 0.6) is 0 Å². The van der Waals surface area contributed by atoms with E-state index in [0.717, 1.165) is 18.2 Å².